The minimum atomic E-state index is -0.494. The van der Waals surface area contributed by atoms with Crippen molar-refractivity contribution in [3.8, 4) is 0 Å². The molecule has 0 aromatic heterocycles. The zero-order valence-corrected chi connectivity index (χ0v) is 14.8. The molecule has 2 N–H and O–H groups in total. The Kier molecular flexibility index (Phi) is 5.38. The van der Waals surface area contributed by atoms with Crippen molar-refractivity contribution in [3.63, 3.8) is 0 Å². The predicted octanol–water partition coefficient (Wildman–Crippen LogP) is 2.26. The van der Waals surface area contributed by atoms with Crippen LogP contribution in [-0.4, -0.2) is 43.1 Å². The number of rotatable bonds is 5. The molecule has 1 aromatic rings. The number of aryl methyl sites for hydroxylation is 1. The Bertz CT molecular complexity index is 676. The maximum atomic E-state index is 12.6. The number of esters is 1. The van der Waals surface area contributed by atoms with Crippen molar-refractivity contribution in [1.82, 2.24) is 15.5 Å². The summed E-state index contributed by atoms with van der Waals surface area (Å²) < 4.78 is 5.28. The Balaban J connectivity index is 1.98. The molecule has 25 heavy (non-hydrogen) atoms. The van der Waals surface area contributed by atoms with Crippen LogP contribution < -0.4 is 10.6 Å². The molecule has 0 aliphatic carbocycles. The van der Waals surface area contributed by atoms with Gasteiger partial charge in [-0.05, 0) is 45.3 Å². The number of hydrogen-bond donors (Lipinski definition) is 2. The number of benzene rings is 1. The van der Waals surface area contributed by atoms with Crippen molar-refractivity contribution in [1.29, 1.82) is 0 Å². The first-order chi connectivity index (χ1) is 12.1. The first-order valence-electron chi connectivity index (χ1n) is 8.85. The van der Waals surface area contributed by atoms with Gasteiger partial charge < -0.3 is 15.4 Å². The zero-order chi connectivity index (χ0) is 17.8. The van der Waals surface area contributed by atoms with Gasteiger partial charge in [0.15, 0.2) is 0 Å². The molecule has 0 saturated carbocycles. The van der Waals surface area contributed by atoms with Crippen molar-refractivity contribution < 1.29 is 14.3 Å². The van der Waals surface area contributed by atoms with Crippen molar-refractivity contribution in [3.05, 3.63) is 46.7 Å². The second-order valence-electron chi connectivity index (χ2n) is 6.54. The van der Waals surface area contributed by atoms with Crippen LogP contribution in [0.2, 0.25) is 0 Å². The summed E-state index contributed by atoms with van der Waals surface area (Å²) in [6.07, 6.45) is 2.30. The summed E-state index contributed by atoms with van der Waals surface area (Å²) in [6.45, 7) is 6.62. The van der Waals surface area contributed by atoms with E-state index in [1.54, 1.807) is 6.92 Å². The van der Waals surface area contributed by atoms with Gasteiger partial charge in [-0.3, -0.25) is 4.90 Å². The summed E-state index contributed by atoms with van der Waals surface area (Å²) in [5, 5.41) is 5.70. The summed E-state index contributed by atoms with van der Waals surface area (Å²) >= 11 is 0. The molecule has 2 aliphatic heterocycles. The van der Waals surface area contributed by atoms with Gasteiger partial charge in [0.2, 0.25) is 0 Å². The number of ether oxygens (including phenoxy) is 1. The van der Waals surface area contributed by atoms with Gasteiger partial charge in [-0.15, -0.1) is 0 Å². The number of nitrogens with zero attached hydrogens (tertiary/aromatic N) is 1. The molecule has 0 bridgehead atoms. The van der Waals surface area contributed by atoms with Crippen LogP contribution in [0.4, 0.5) is 4.79 Å². The van der Waals surface area contributed by atoms with Gasteiger partial charge in [-0.1, -0.05) is 29.8 Å². The van der Waals surface area contributed by atoms with E-state index in [0.717, 1.165) is 37.1 Å². The minimum absolute atomic E-state index is 0.284. The fourth-order valence-corrected chi connectivity index (χ4v) is 3.37. The van der Waals surface area contributed by atoms with Gasteiger partial charge in [-0.2, -0.15) is 0 Å². The molecule has 1 fully saturated rings. The normalized spacial score (nSPS) is 21.0. The number of carbonyl (C=O) groups is 2. The molecule has 2 amide bonds. The third-order valence-corrected chi connectivity index (χ3v) is 4.64. The lowest BCUT2D eigenvalue weighted by atomic mass is 9.94. The summed E-state index contributed by atoms with van der Waals surface area (Å²) in [5.74, 6) is -0.380. The van der Waals surface area contributed by atoms with Gasteiger partial charge in [0.25, 0.3) is 0 Å². The number of carbonyl (C=O) groups excluding carboxylic acids is 2. The van der Waals surface area contributed by atoms with Crippen LogP contribution in [0.25, 0.3) is 0 Å². The summed E-state index contributed by atoms with van der Waals surface area (Å²) in [6, 6.07) is 7.06. The standard InChI is InChI=1S/C19H25N3O3/c1-3-25-18(23)16-15(12-22-10-4-5-11-22)20-19(24)21-17(16)14-8-6-13(2)7-9-14/h6-9,17H,3-5,10-12H2,1-2H3,(H2,20,21,24). The maximum absolute atomic E-state index is 12.6. The number of nitrogens with one attached hydrogen (secondary N) is 2. The minimum Gasteiger partial charge on any atom is -0.463 e. The molecule has 0 spiro atoms. The topological polar surface area (TPSA) is 70.7 Å². The van der Waals surface area contributed by atoms with E-state index in [9.17, 15) is 9.59 Å². The fourth-order valence-electron chi connectivity index (χ4n) is 3.37. The van der Waals surface area contributed by atoms with Crippen LogP contribution in [0.5, 0.6) is 0 Å². The Morgan fingerprint density at radius 1 is 1.24 bits per heavy atom. The molecule has 3 rings (SSSR count). The average Bonchev–Trinajstić information content (AvgIpc) is 3.08. The van der Waals surface area contributed by atoms with E-state index >= 15 is 0 Å². The molecule has 1 aromatic carbocycles. The second-order valence-corrected chi connectivity index (χ2v) is 6.54. The summed E-state index contributed by atoms with van der Waals surface area (Å²) in [7, 11) is 0. The molecule has 1 atom stereocenters. The Morgan fingerprint density at radius 3 is 2.56 bits per heavy atom. The van der Waals surface area contributed by atoms with Gasteiger partial charge >= 0.3 is 12.0 Å². The fraction of sp³-hybridized carbons (Fsp3) is 0.474. The number of amides is 2. The highest BCUT2D eigenvalue weighted by Crippen LogP contribution is 2.28. The number of hydrogen-bond acceptors (Lipinski definition) is 4. The first kappa shape index (κ1) is 17.5. The lowest BCUT2D eigenvalue weighted by Crippen LogP contribution is -2.48. The van der Waals surface area contributed by atoms with E-state index in [0.29, 0.717) is 24.4 Å². The van der Waals surface area contributed by atoms with Crippen molar-refractivity contribution in [2.45, 2.75) is 32.7 Å². The molecule has 2 heterocycles. The molecule has 6 nitrogen and oxygen atoms in total. The van der Waals surface area contributed by atoms with Gasteiger partial charge in [-0.25, -0.2) is 9.59 Å². The van der Waals surface area contributed by atoms with E-state index in [4.69, 9.17) is 4.74 Å². The third-order valence-electron chi connectivity index (χ3n) is 4.64. The first-order valence-corrected chi connectivity index (χ1v) is 8.85. The van der Waals surface area contributed by atoms with Crippen LogP contribution in [0.15, 0.2) is 35.5 Å². The lowest BCUT2D eigenvalue weighted by molar-refractivity contribution is -0.139. The molecule has 0 radical (unpaired) electrons. The predicted molar refractivity (Wildman–Crippen MR) is 94.9 cm³/mol. The zero-order valence-electron chi connectivity index (χ0n) is 14.8. The Morgan fingerprint density at radius 2 is 1.92 bits per heavy atom. The van der Waals surface area contributed by atoms with Crippen molar-refractivity contribution in [2.75, 3.05) is 26.2 Å². The lowest BCUT2D eigenvalue weighted by Gasteiger charge is -2.31. The number of likely N-dealkylation sites (tertiary alicyclic amines) is 1. The van der Waals surface area contributed by atoms with Crippen molar-refractivity contribution >= 4 is 12.0 Å². The maximum Gasteiger partial charge on any atom is 0.338 e. The molecular weight excluding hydrogens is 318 g/mol. The van der Waals surface area contributed by atoms with Crippen LogP contribution in [0, 0.1) is 6.92 Å². The highest BCUT2D eigenvalue weighted by atomic mass is 16.5. The average molecular weight is 343 g/mol. The highest BCUT2D eigenvalue weighted by Gasteiger charge is 2.34. The summed E-state index contributed by atoms with van der Waals surface area (Å²) in [4.78, 5) is 27.1. The Labute approximate surface area is 148 Å². The van der Waals surface area contributed by atoms with Crippen LogP contribution >= 0.6 is 0 Å². The van der Waals surface area contributed by atoms with Gasteiger partial charge in [0.1, 0.15) is 0 Å². The largest absolute Gasteiger partial charge is 0.463 e. The molecule has 2 aliphatic rings. The molecule has 1 unspecified atom stereocenters. The van der Waals surface area contributed by atoms with E-state index in [1.165, 1.54) is 0 Å². The molecule has 6 heteroatoms. The second kappa shape index (κ2) is 7.70. The summed E-state index contributed by atoms with van der Waals surface area (Å²) in [5.41, 5.74) is 3.15. The van der Waals surface area contributed by atoms with Gasteiger partial charge in [0.05, 0.1) is 18.2 Å². The molecule has 134 valence electrons. The Hall–Kier alpha value is -2.34. The van der Waals surface area contributed by atoms with E-state index in [1.807, 2.05) is 31.2 Å². The highest BCUT2D eigenvalue weighted by molar-refractivity contribution is 5.95. The van der Waals surface area contributed by atoms with E-state index in [-0.39, 0.29) is 12.0 Å². The monoisotopic (exact) mass is 343 g/mol. The van der Waals surface area contributed by atoms with Crippen LogP contribution in [0.3, 0.4) is 0 Å². The SMILES string of the molecule is CCOC(=O)C1=C(CN2CCCC2)NC(=O)NC1c1ccc(C)cc1. The molecular formula is C19H25N3O3. The van der Waals surface area contributed by atoms with Crippen LogP contribution in [0.1, 0.15) is 36.9 Å². The van der Waals surface area contributed by atoms with E-state index < -0.39 is 6.04 Å². The smallest absolute Gasteiger partial charge is 0.338 e. The van der Waals surface area contributed by atoms with E-state index in [2.05, 4.69) is 15.5 Å². The molecule has 1 saturated heterocycles. The van der Waals surface area contributed by atoms with Crippen LogP contribution in [-0.2, 0) is 9.53 Å². The quantitative estimate of drug-likeness (QED) is 0.805. The van der Waals surface area contributed by atoms with Gasteiger partial charge in [0, 0.05) is 12.2 Å². The number of urea groups is 1. The third kappa shape index (κ3) is 4.02. The van der Waals surface area contributed by atoms with Crippen molar-refractivity contribution in [2.24, 2.45) is 0 Å².